The van der Waals surface area contributed by atoms with E-state index >= 15 is 0 Å². The van der Waals surface area contributed by atoms with Crippen LogP contribution < -0.4 is 5.32 Å². The molecule has 0 aliphatic carbocycles. The van der Waals surface area contributed by atoms with Crippen molar-refractivity contribution in [2.45, 2.75) is 13.0 Å². The van der Waals surface area contributed by atoms with E-state index in [1.54, 1.807) is 6.33 Å². The zero-order chi connectivity index (χ0) is 11.5. The molecule has 84 valence electrons. The van der Waals surface area contributed by atoms with E-state index in [9.17, 15) is 0 Å². The SMILES string of the molecule is CNC(c1ccc(C)nc1)c1cn(C)cn1. The maximum Gasteiger partial charge on any atom is 0.0947 e. The maximum absolute atomic E-state index is 4.36. The lowest BCUT2D eigenvalue weighted by atomic mass is 10.1. The Kier molecular flexibility index (Phi) is 3.01. The lowest BCUT2D eigenvalue weighted by molar-refractivity contribution is 0.670. The van der Waals surface area contributed by atoms with Crippen LogP contribution in [0.4, 0.5) is 0 Å². The molecule has 16 heavy (non-hydrogen) atoms. The van der Waals surface area contributed by atoms with Crippen LogP contribution >= 0.6 is 0 Å². The van der Waals surface area contributed by atoms with Gasteiger partial charge in [0.05, 0.1) is 18.1 Å². The molecule has 0 fully saturated rings. The van der Waals surface area contributed by atoms with Crippen molar-refractivity contribution in [3.8, 4) is 0 Å². The Balaban J connectivity index is 2.32. The van der Waals surface area contributed by atoms with Gasteiger partial charge in [-0.3, -0.25) is 4.98 Å². The minimum atomic E-state index is 0.106. The van der Waals surface area contributed by atoms with Crippen LogP contribution in [-0.2, 0) is 7.05 Å². The van der Waals surface area contributed by atoms with E-state index in [0.717, 1.165) is 17.0 Å². The van der Waals surface area contributed by atoms with E-state index in [-0.39, 0.29) is 6.04 Å². The summed E-state index contributed by atoms with van der Waals surface area (Å²) in [5.41, 5.74) is 3.17. The Labute approximate surface area is 95.4 Å². The Morgan fingerprint density at radius 2 is 2.12 bits per heavy atom. The number of imidazole rings is 1. The lowest BCUT2D eigenvalue weighted by Gasteiger charge is -2.13. The maximum atomic E-state index is 4.36. The molecule has 1 atom stereocenters. The van der Waals surface area contributed by atoms with Crippen molar-refractivity contribution in [1.82, 2.24) is 19.9 Å². The normalized spacial score (nSPS) is 12.7. The summed E-state index contributed by atoms with van der Waals surface area (Å²) < 4.78 is 1.95. The minimum Gasteiger partial charge on any atom is -0.340 e. The highest BCUT2D eigenvalue weighted by molar-refractivity contribution is 5.25. The highest BCUT2D eigenvalue weighted by Crippen LogP contribution is 2.19. The third kappa shape index (κ3) is 2.12. The molecule has 0 saturated carbocycles. The third-order valence-electron chi connectivity index (χ3n) is 2.58. The zero-order valence-electron chi connectivity index (χ0n) is 9.81. The first-order valence-electron chi connectivity index (χ1n) is 5.28. The summed E-state index contributed by atoms with van der Waals surface area (Å²) in [6, 6.07) is 4.20. The van der Waals surface area contributed by atoms with Gasteiger partial charge in [0.2, 0.25) is 0 Å². The molecular weight excluding hydrogens is 200 g/mol. The molecular formula is C12H16N4. The van der Waals surface area contributed by atoms with Crippen molar-refractivity contribution < 1.29 is 0 Å². The van der Waals surface area contributed by atoms with Gasteiger partial charge in [-0.1, -0.05) is 6.07 Å². The summed E-state index contributed by atoms with van der Waals surface area (Å²) in [6.07, 6.45) is 5.72. The van der Waals surface area contributed by atoms with Crippen LogP contribution in [0.5, 0.6) is 0 Å². The number of aromatic nitrogens is 3. The molecule has 4 heteroatoms. The Morgan fingerprint density at radius 3 is 2.62 bits per heavy atom. The van der Waals surface area contributed by atoms with Crippen LogP contribution in [0, 0.1) is 6.92 Å². The average molecular weight is 216 g/mol. The van der Waals surface area contributed by atoms with Gasteiger partial charge in [-0.2, -0.15) is 0 Å². The number of hydrogen-bond acceptors (Lipinski definition) is 3. The summed E-state index contributed by atoms with van der Waals surface area (Å²) in [4.78, 5) is 8.66. The highest BCUT2D eigenvalue weighted by Gasteiger charge is 2.14. The fourth-order valence-corrected chi connectivity index (χ4v) is 1.72. The molecule has 2 rings (SSSR count). The van der Waals surface area contributed by atoms with Crippen LogP contribution in [-0.4, -0.2) is 21.6 Å². The smallest absolute Gasteiger partial charge is 0.0947 e. The predicted octanol–water partition coefficient (Wildman–Crippen LogP) is 1.43. The first-order chi connectivity index (χ1) is 7.70. The second kappa shape index (κ2) is 4.45. The molecule has 0 aliphatic rings. The van der Waals surface area contributed by atoms with Crippen LogP contribution in [0.25, 0.3) is 0 Å². The van der Waals surface area contributed by atoms with Crippen molar-refractivity contribution in [3.63, 3.8) is 0 Å². The van der Waals surface area contributed by atoms with Gasteiger partial charge >= 0.3 is 0 Å². The minimum absolute atomic E-state index is 0.106. The Hall–Kier alpha value is -1.68. The number of rotatable bonds is 3. The van der Waals surface area contributed by atoms with Gasteiger partial charge in [0.1, 0.15) is 0 Å². The summed E-state index contributed by atoms with van der Waals surface area (Å²) >= 11 is 0. The number of aryl methyl sites for hydroxylation is 2. The van der Waals surface area contributed by atoms with E-state index in [1.807, 2.05) is 44.0 Å². The van der Waals surface area contributed by atoms with Crippen molar-refractivity contribution in [1.29, 1.82) is 0 Å². The van der Waals surface area contributed by atoms with Crippen molar-refractivity contribution in [2.75, 3.05) is 7.05 Å². The quantitative estimate of drug-likeness (QED) is 0.844. The first kappa shape index (κ1) is 10.8. The summed E-state index contributed by atoms with van der Waals surface area (Å²) in [5.74, 6) is 0. The van der Waals surface area contributed by atoms with E-state index in [0.29, 0.717) is 0 Å². The molecule has 0 spiro atoms. The van der Waals surface area contributed by atoms with Crippen LogP contribution in [0.1, 0.15) is 23.0 Å². The molecule has 0 aromatic carbocycles. The van der Waals surface area contributed by atoms with Gasteiger partial charge in [-0.25, -0.2) is 4.98 Å². The third-order valence-corrected chi connectivity index (χ3v) is 2.58. The van der Waals surface area contributed by atoms with Gasteiger partial charge in [-0.15, -0.1) is 0 Å². The first-order valence-corrected chi connectivity index (χ1v) is 5.28. The van der Waals surface area contributed by atoms with Gasteiger partial charge in [0.15, 0.2) is 0 Å². The molecule has 2 heterocycles. The predicted molar refractivity (Wildman–Crippen MR) is 63.1 cm³/mol. The molecule has 0 aliphatic heterocycles. The van der Waals surface area contributed by atoms with Gasteiger partial charge in [-0.05, 0) is 25.6 Å². The molecule has 0 radical (unpaired) electrons. The fourth-order valence-electron chi connectivity index (χ4n) is 1.72. The van der Waals surface area contributed by atoms with E-state index < -0.39 is 0 Å². The van der Waals surface area contributed by atoms with Crippen LogP contribution in [0.15, 0.2) is 30.9 Å². The highest BCUT2D eigenvalue weighted by atomic mass is 15.0. The van der Waals surface area contributed by atoms with E-state index in [4.69, 9.17) is 0 Å². The van der Waals surface area contributed by atoms with Crippen LogP contribution in [0.3, 0.4) is 0 Å². The fraction of sp³-hybridized carbons (Fsp3) is 0.333. The summed E-state index contributed by atoms with van der Waals surface area (Å²) in [7, 11) is 3.90. The second-order valence-electron chi connectivity index (χ2n) is 3.92. The van der Waals surface area contributed by atoms with Gasteiger partial charge in [0.25, 0.3) is 0 Å². The number of nitrogens with zero attached hydrogens (tertiary/aromatic N) is 3. The molecule has 1 unspecified atom stereocenters. The largest absolute Gasteiger partial charge is 0.340 e. The van der Waals surface area contributed by atoms with E-state index in [1.165, 1.54) is 0 Å². The van der Waals surface area contributed by atoms with Crippen molar-refractivity contribution in [2.24, 2.45) is 7.05 Å². The van der Waals surface area contributed by atoms with Crippen LogP contribution in [0.2, 0.25) is 0 Å². The Bertz CT molecular complexity index is 458. The number of nitrogens with one attached hydrogen (secondary N) is 1. The molecule has 2 aromatic rings. The van der Waals surface area contributed by atoms with Gasteiger partial charge < -0.3 is 9.88 Å². The summed E-state index contributed by atoms with van der Waals surface area (Å²) in [5, 5.41) is 3.25. The molecule has 4 nitrogen and oxygen atoms in total. The molecule has 0 bridgehead atoms. The monoisotopic (exact) mass is 216 g/mol. The molecule has 0 amide bonds. The van der Waals surface area contributed by atoms with Crippen molar-refractivity contribution in [3.05, 3.63) is 47.8 Å². The van der Waals surface area contributed by atoms with Crippen molar-refractivity contribution >= 4 is 0 Å². The zero-order valence-corrected chi connectivity index (χ0v) is 9.81. The molecule has 1 N–H and O–H groups in total. The summed E-state index contributed by atoms with van der Waals surface area (Å²) in [6.45, 7) is 1.99. The Morgan fingerprint density at radius 1 is 1.31 bits per heavy atom. The standard InChI is InChI=1S/C12H16N4/c1-9-4-5-10(6-14-9)12(13-2)11-7-16(3)8-15-11/h4-8,12-13H,1-3H3. The second-order valence-corrected chi connectivity index (χ2v) is 3.92. The topological polar surface area (TPSA) is 42.7 Å². The lowest BCUT2D eigenvalue weighted by Crippen LogP contribution is -2.18. The van der Waals surface area contributed by atoms with E-state index in [2.05, 4.69) is 21.4 Å². The number of pyridine rings is 1. The molecule has 2 aromatic heterocycles. The molecule has 0 saturated heterocycles. The average Bonchev–Trinajstić information content (AvgIpc) is 2.69. The number of hydrogen-bond donors (Lipinski definition) is 1. The van der Waals surface area contributed by atoms with Gasteiger partial charge in [0, 0.05) is 25.1 Å².